The third-order valence-corrected chi connectivity index (χ3v) is 6.79. The standard InChI is InChI=1S/C19H28N6O4S/c1-10(21-17(26)29-19(2,3)4)20-12-7-11(8-12)15-22-23-16(30-15)14-6-5-13-9-24(14)18(27)25(13)28/h11-14,28H,5-9H2,1-4H3,(H,20,21,26)/t11?,12?,13-,14+/m1/s1. The topological polar surface area (TPSA) is 120 Å². The van der Waals surface area contributed by atoms with Crippen molar-refractivity contribution in [3.63, 3.8) is 0 Å². The molecule has 2 N–H and O–H groups in total. The van der Waals surface area contributed by atoms with Gasteiger partial charge in [0.15, 0.2) is 0 Å². The molecule has 2 atom stereocenters. The fourth-order valence-corrected chi connectivity index (χ4v) is 5.22. The molecule has 0 spiro atoms. The third-order valence-electron chi connectivity index (χ3n) is 5.61. The second-order valence-electron chi connectivity index (χ2n) is 9.17. The highest BCUT2D eigenvalue weighted by Gasteiger charge is 2.46. The van der Waals surface area contributed by atoms with Gasteiger partial charge in [0.2, 0.25) is 0 Å². The van der Waals surface area contributed by atoms with Gasteiger partial charge in [0.1, 0.15) is 21.5 Å². The van der Waals surface area contributed by atoms with Gasteiger partial charge in [0.05, 0.1) is 18.1 Å². The van der Waals surface area contributed by atoms with Crippen LogP contribution in [0.15, 0.2) is 4.99 Å². The number of ether oxygens (including phenoxy) is 1. The van der Waals surface area contributed by atoms with Crippen molar-refractivity contribution in [1.82, 2.24) is 25.5 Å². The maximum absolute atomic E-state index is 12.2. The summed E-state index contributed by atoms with van der Waals surface area (Å²) in [6.07, 6.45) is 2.75. The predicted molar refractivity (Wildman–Crippen MR) is 110 cm³/mol. The van der Waals surface area contributed by atoms with Gasteiger partial charge >= 0.3 is 12.1 Å². The van der Waals surface area contributed by atoms with Crippen LogP contribution in [0.25, 0.3) is 0 Å². The minimum absolute atomic E-state index is 0.105. The molecule has 3 fully saturated rings. The molecule has 11 heteroatoms. The van der Waals surface area contributed by atoms with E-state index in [2.05, 4.69) is 20.5 Å². The number of amidine groups is 1. The molecule has 0 aromatic carbocycles. The SMILES string of the molecule is CC(=NC1CC(c2nnc([C@@H]3CC[C@@H]4CN3C(=O)N4O)s2)C1)NC(=O)OC(C)(C)C. The summed E-state index contributed by atoms with van der Waals surface area (Å²) in [6.45, 7) is 7.75. The predicted octanol–water partition coefficient (Wildman–Crippen LogP) is 3.06. The Morgan fingerprint density at radius 1 is 1.27 bits per heavy atom. The van der Waals surface area contributed by atoms with E-state index in [-0.39, 0.29) is 24.2 Å². The fourth-order valence-electron chi connectivity index (χ4n) is 4.11. The highest BCUT2D eigenvalue weighted by Crippen LogP contribution is 2.43. The zero-order valence-corrected chi connectivity index (χ0v) is 18.5. The second-order valence-corrected chi connectivity index (χ2v) is 10.2. The Kier molecular flexibility index (Phi) is 5.43. The number of hydrogen-bond acceptors (Lipinski definition) is 8. The summed E-state index contributed by atoms with van der Waals surface area (Å²) in [5.41, 5.74) is -0.546. The van der Waals surface area contributed by atoms with Crippen molar-refractivity contribution in [2.45, 2.75) is 83.0 Å². The number of rotatable bonds is 3. The number of aromatic nitrogens is 2. The first-order valence-corrected chi connectivity index (χ1v) is 11.1. The first-order valence-electron chi connectivity index (χ1n) is 10.3. The number of fused-ring (bicyclic) bond motifs is 2. The number of carbonyl (C=O) groups excluding carboxylic acids is 2. The summed E-state index contributed by atoms with van der Waals surface area (Å²) in [6, 6.07) is -0.420. The Morgan fingerprint density at radius 2 is 1.97 bits per heavy atom. The summed E-state index contributed by atoms with van der Waals surface area (Å²) in [5.74, 6) is 0.836. The number of hydroxylamine groups is 2. The van der Waals surface area contributed by atoms with Crippen molar-refractivity contribution >= 4 is 29.3 Å². The molecule has 10 nitrogen and oxygen atoms in total. The maximum atomic E-state index is 12.2. The molecule has 3 heterocycles. The summed E-state index contributed by atoms with van der Waals surface area (Å²) in [7, 11) is 0. The molecule has 1 aliphatic carbocycles. The number of carbonyl (C=O) groups is 2. The van der Waals surface area contributed by atoms with E-state index in [0.717, 1.165) is 40.8 Å². The normalized spacial score (nSPS) is 29.1. The maximum Gasteiger partial charge on any atom is 0.413 e. The minimum atomic E-state index is -0.546. The lowest BCUT2D eigenvalue weighted by Gasteiger charge is -2.31. The molecule has 3 amide bonds. The number of urea groups is 1. The smallest absolute Gasteiger partial charge is 0.413 e. The molecule has 3 aliphatic rings. The van der Waals surface area contributed by atoms with Gasteiger partial charge in [-0.25, -0.2) is 14.7 Å². The van der Waals surface area contributed by atoms with Gasteiger partial charge in [-0.2, -0.15) is 0 Å². The first-order chi connectivity index (χ1) is 14.1. The van der Waals surface area contributed by atoms with E-state index in [1.807, 2.05) is 20.8 Å². The van der Waals surface area contributed by atoms with Gasteiger partial charge in [-0.05, 0) is 53.4 Å². The summed E-state index contributed by atoms with van der Waals surface area (Å²) < 4.78 is 5.23. The van der Waals surface area contributed by atoms with Gasteiger partial charge in [-0.1, -0.05) is 11.3 Å². The van der Waals surface area contributed by atoms with Gasteiger partial charge in [0, 0.05) is 12.5 Å². The number of piperidine rings is 1. The van der Waals surface area contributed by atoms with Crippen molar-refractivity contribution in [1.29, 1.82) is 0 Å². The zero-order chi connectivity index (χ0) is 21.6. The molecule has 2 aliphatic heterocycles. The highest BCUT2D eigenvalue weighted by molar-refractivity contribution is 7.11. The van der Waals surface area contributed by atoms with E-state index in [1.54, 1.807) is 23.2 Å². The van der Waals surface area contributed by atoms with E-state index >= 15 is 0 Å². The number of amides is 3. The lowest BCUT2D eigenvalue weighted by Crippen LogP contribution is -2.36. The van der Waals surface area contributed by atoms with Gasteiger partial charge in [0.25, 0.3) is 0 Å². The van der Waals surface area contributed by atoms with Crippen LogP contribution in [-0.4, -0.2) is 67.6 Å². The van der Waals surface area contributed by atoms with E-state index in [9.17, 15) is 14.8 Å². The van der Waals surface area contributed by atoms with Crippen LogP contribution in [-0.2, 0) is 4.74 Å². The van der Waals surface area contributed by atoms with Crippen molar-refractivity contribution in [3.05, 3.63) is 10.0 Å². The van der Waals surface area contributed by atoms with Crippen LogP contribution in [0.5, 0.6) is 0 Å². The number of aliphatic imine (C=N–C) groups is 1. The molecule has 0 radical (unpaired) electrons. The zero-order valence-electron chi connectivity index (χ0n) is 17.7. The van der Waals surface area contributed by atoms with E-state index in [1.165, 1.54) is 0 Å². The molecule has 2 saturated heterocycles. The molecule has 1 aromatic heterocycles. The van der Waals surface area contributed by atoms with Crippen molar-refractivity contribution < 1.29 is 19.5 Å². The van der Waals surface area contributed by atoms with Crippen LogP contribution in [0.2, 0.25) is 0 Å². The molecular formula is C19H28N6O4S. The average Bonchev–Trinajstić information content (AvgIpc) is 3.17. The lowest BCUT2D eigenvalue weighted by molar-refractivity contribution is -0.0584. The lowest BCUT2D eigenvalue weighted by atomic mass is 9.81. The Morgan fingerprint density at radius 3 is 2.67 bits per heavy atom. The van der Waals surface area contributed by atoms with Crippen molar-refractivity contribution in [2.75, 3.05) is 6.54 Å². The molecule has 2 bridgehead atoms. The molecule has 4 rings (SSSR count). The largest absolute Gasteiger partial charge is 0.444 e. The van der Waals surface area contributed by atoms with E-state index < -0.39 is 11.7 Å². The van der Waals surface area contributed by atoms with Gasteiger partial charge in [-0.15, -0.1) is 10.2 Å². The van der Waals surface area contributed by atoms with Crippen LogP contribution in [0, 0.1) is 0 Å². The Bertz CT molecular complexity index is 859. The van der Waals surface area contributed by atoms with Crippen LogP contribution in [0.4, 0.5) is 9.59 Å². The summed E-state index contributed by atoms with van der Waals surface area (Å²) in [4.78, 5) is 30.2. The average molecular weight is 437 g/mol. The summed E-state index contributed by atoms with van der Waals surface area (Å²) in [5, 5.41) is 23.9. The van der Waals surface area contributed by atoms with Gasteiger partial charge in [-0.3, -0.25) is 15.5 Å². The molecular weight excluding hydrogens is 408 g/mol. The van der Waals surface area contributed by atoms with E-state index in [0.29, 0.717) is 18.3 Å². The molecule has 30 heavy (non-hydrogen) atoms. The number of alkyl carbamates (subject to hydrolysis) is 1. The van der Waals surface area contributed by atoms with Crippen LogP contribution in [0.1, 0.15) is 75.4 Å². The second kappa shape index (κ2) is 7.77. The molecule has 164 valence electrons. The molecule has 1 saturated carbocycles. The quantitative estimate of drug-likeness (QED) is 0.427. The fraction of sp³-hybridized carbons (Fsp3) is 0.737. The number of nitrogens with one attached hydrogen (secondary N) is 1. The van der Waals surface area contributed by atoms with Crippen LogP contribution < -0.4 is 5.32 Å². The number of nitrogens with zero attached hydrogens (tertiary/aromatic N) is 5. The Hall–Kier alpha value is -2.27. The molecule has 1 aromatic rings. The van der Waals surface area contributed by atoms with Crippen molar-refractivity contribution in [3.8, 4) is 0 Å². The Labute approximate surface area is 179 Å². The van der Waals surface area contributed by atoms with Gasteiger partial charge < -0.3 is 9.64 Å². The third kappa shape index (κ3) is 4.27. The number of hydrogen-bond donors (Lipinski definition) is 2. The summed E-state index contributed by atoms with van der Waals surface area (Å²) >= 11 is 1.55. The highest BCUT2D eigenvalue weighted by atomic mass is 32.1. The molecule has 0 unspecified atom stereocenters. The Balaban J connectivity index is 1.30. The minimum Gasteiger partial charge on any atom is -0.444 e. The van der Waals surface area contributed by atoms with Crippen LogP contribution in [0.3, 0.4) is 0 Å². The van der Waals surface area contributed by atoms with E-state index in [4.69, 9.17) is 4.74 Å². The first kappa shape index (κ1) is 21.0. The monoisotopic (exact) mass is 436 g/mol. The van der Waals surface area contributed by atoms with Crippen molar-refractivity contribution in [2.24, 2.45) is 4.99 Å². The van der Waals surface area contributed by atoms with Crippen LogP contribution >= 0.6 is 11.3 Å².